The first-order valence-corrected chi connectivity index (χ1v) is 24.6. The van der Waals surface area contributed by atoms with Gasteiger partial charge in [-0.05, 0) is 148 Å². The summed E-state index contributed by atoms with van der Waals surface area (Å²) in [4.78, 5) is 83.9. The first-order valence-electron chi connectivity index (χ1n) is 18.1. The summed E-state index contributed by atoms with van der Waals surface area (Å²) >= 11 is 10.4. The fourth-order valence-electron chi connectivity index (χ4n) is 5.60. The number of aliphatic hydroxyl groups excluding tert-OH is 9. The third-order valence-electron chi connectivity index (χ3n) is 8.74. The predicted octanol–water partition coefficient (Wildman–Crippen LogP) is -0.0156. The maximum absolute atomic E-state index is 14.5. The second-order valence-corrected chi connectivity index (χ2v) is 19.9. The first-order chi connectivity index (χ1) is 29.0. The van der Waals surface area contributed by atoms with Crippen molar-refractivity contribution >= 4 is 182 Å². The van der Waals surface area contributed by atoms with Crippen LogP contribution in [0.1, 0.15) is 73.5 Å². The molecule has 0 saturated heterocycles. The highest BCUT2D eigenvalue weighted by Crippen LogP contribution is 2.41. The lowest BCUT2D eigenvalue weighted by Gasteiger charge is -2.32. The Balaban J connectivity index is 2.81. The molecule has 2 aromatic carbocycles. The molecule has 5 atom stereocenters. The van der Waals surface area contributed by atoms with Gasteiger partial charge in [0.15, 0.2) is 11.6 Å². The second kappa shape index (κ2) is 27.5. The molecule has 0 aromatic heterocycles. The van der Waals surface area contributed by atoms with Crippen molar-refractivity contribution < 1.29 is 79.5 Å². The quantitative estimate of drug-likeness (QED) is 0.0335. The van der Waals surface area contributed by atoms with Crippen molar-refractivity contribution in [3.8, 4) is 0 Å². The minimum Gasteiger partial charge on any atom is -0.394 e. The number of halogens is 6. The lowest BCUT2D eigenvalue weighted by atomic mass is 10.00. The van der Waals surface area contributed by atoms with E-state index in [1.807, 2.05) is 0 Å². The van der Waals surface area contributed by atoms with Gasteiger partial charge in [0.05, 0.1) is 107 Å². The second-order valence-electron chi connectivity index (χ2n) is 13.5. The average Bonchev–Trinajstić information content (AvgIpc) is 3.20. The van der Waals surface area contributed by atoms with Crippen molar-refractivity contribution in [3.05, 3.63) is 43.7 Å². The van der Waals surface area contributed by atoms with Gasteiger partial charge in [0.2, 0.25) is 11.8 Å². The molecule has 0 fully saturated rings. The molecule has 5 unspecified atom stereocenters. The molecule has 20 nitrogen and oxygen atoms in total. The number of rotatable bonds is 26. The number of carbonyl (C=O) groups is 6. The smallest absolute Gasteiger partial charge is 0.250 e. The summed E-state index contributed by atoms with van der Waals surface area (Å²) in [7, 11) is 0. The normalized spacial score (nSPS) is 13.9. The molecule has 13 N–H and O–H groups in total. The number of Topliss-reactive ketones (excluding diaryl/α,β-unsaturated/α-hetero) is 2. The molecule has 0 radical (unpaired) electrons. The SMILES string of the molecule is NC(=O)c1c(I)c(C(=O)CCC(O)CO)c(I)c(N(CC(O)CO)C(=O)CC(=O)N(CC(O)CO)c2c(I)c(C(N)=O)c(I)c(C(=O)CCC(O)COCC(O)CO)c2I)c1I. The van der Waals surface area contributed by atoms with Crippen LogP contribution in [0.25, 0.3) is 0 Å². The van der Waals surface area contributed by atoms with Gasteiger partial charge in [-0.1, -0.05) is 0 Å². The number of primary amides is 2. The molecular weight excluding hydrogens is 1510 g/mol. The van der Waals surface area contributed by atoms with Crippen molar-refractivity contribution in [2.75, 3.05) is 62.5 Å². The van der Waals surface area contributed by atoms with E-state index in [9.17, 15) is 69.6 Å². The van der Waals surface area contributed by atoms with Crippen molar-refractivity contribution in [2.24, 2.45) is 11.5 Å². The van der Waals surface area contributed by atoms with E-state index in [-0.39, 0.29) is 93.9 Å². The number of nitrogens with zero attached hydrogens (tertiary/aromatic N) is 2. The molecule has 0 spiro atoms. The Kier molecular flexibility index (Phi) is 25.6. The van der Waals surface area contributed by atoms with E-state index in [1.165, 1.54) is 0 Å². The van der Waals surface area contributed by atoms with Gasteiger partial charge in [0.1, 0.15) is 12.5 Å². The van der Waals surface area contributed by atoms with Crippen molar-refractivity contribution in [1.29, 1.82) is 0 Å². The molecule has 2 rings (SSSR count). The minimum absolute atomic E-state index is 0.0251. The number of aliphatic hydroxyl groups is 9. The molecule has 0 aliphatic carbocycles. The Labute approximate surface area is 436 Å². The summed E-state index contributed by atoms with van der Waals surface area (Å²) in [6.07, 6.45) is -8.93. The fraction of sp³-hybridized carbons (Fsp3) is 0.500. The molecule has 0 saturated carbocycles. The van der Waals surface area contributed by atoms with E-state index in [1.54, 1.807) is 136 Å². The van der Waals surface area contributed by atoms with E-state index in [2.05, 4.69) is 0 Å². The van der Waals surface area contributed by atoms with Crippen LogP contribution in [0.3, 0.4) is 0 Å². The lowest BCUT2D eigenvalue weighted by molar-refractivity contribution is -0.127. The third kappa shape index (κ3) is 15.3. The Morgan fingerprint density at radius 3 is 1.15 bits per heavy atom. The molecule has 4 amide bonds. The summed E-state index contributed by atoms with van der Waals surface area (Å²) in [5, 5.41) is 89.1. The summed E-state index contributed by atoms with van der Waals surface area (Å²) in [5.74, 6) is -5.39. The van der Waals surface area contributed by atoms with Crippen LogP contribution in [0.5, 0.6) is 0 Å². The molecule has 0 heterocycles. The van der Waals surface area contributed by atoms with Gasteiger partial charge in [0.25, 0.3) is 11.8 Å². The number of ether oxygens (including phenoxy) is 1. The molecule has 0 bridgehead atoms. The number of nitrogens with two attached hydrogens (primary N) is 2. The van der Waals surface area contributed by atoms with Crippen molar-refractivity contribution in [3.63, 3.8) is 0 Å². The number of benzene rings is 2. The minimum atomic E-state index is -1.64. The molecule has 346 valence electrons. The van der Waals surface area contributed by atoms with Crippen LogP contribution < -0.4 is 21.3 Å². The number of anilines is 2. The Morgan fingerprint density at radius 2 is 0.806 bits per heavy atom. The van der Waals surface area contributed by atoms with Crippen LogP contribution in [0.15, 0.2) is 0 Å². The highest BCUT2D eigenvalue weighted by Gasteiger charge is 2.36. The molecule has 0 aliphatic heterocycles. The molecule has 2 aromatic rings. The number of ketones is 2. The van der Waals surface area contributed by atoms with E-state index >= 15 is 0 Å². The highest BCUT2D eigenvalue weighted by atomic mass is 127. The van der Waals surface area contributed by atoms with Crippen LogP contribution in [-0.2, 0) is 14.3 Å². The zero-order valence-corrected chi connectivity index (χ0v) is 45.2. The first kappa shape index (κ1) is 57.8. The molecule has 62 heavy (non-hydrogen) atoms. The maximum Gasteiger partial charge on any atom is 0.250 e. The van der Waals surface area contributed by atoms with Crippen LogP contribution in [0, 0.1) is 21.4 Å². The van der Waals surface area contributed by atoms with Crippen LogP contribution in [0.4, 0.5) is 11.4 Å². The van der Waals surface area contributed by atoms with Crippen LogP contribution >= 0.6 is 136 Å². The van der Waals surface area contributed by atoms with Gasteiger partial charge in [0, 0.05) is 38.2 Å². The lowest BCUT2D eigenvalue weighted by Crippen LogP contribution is -2.45. The van der Waals surface area contributed by atoms with Gasteiger partial charge in [-0.3, -0.25) is 28.8 Å². The number of carbonyl (C=O) groups excluding carboxylic acids is 6. The number of hydrogen-bond acceptors (Lipinski definition) is 16. The number of amides is 4. The monoisotopic (exact) mass is 1550 g/mol. The van der Waals surface area contributed by atoms with Gasteiger partial charge in [-0.15, -0.1) is 0 Å². The van der Waals surface area contributed by atoms with E-state index < -0.39 is 112 Å². The predicted molar refractivity (Wildman–Crippen MR) is 272 cm³/mol. The van der Waals surface area contributed by atoms with Gasteiger partial charge < -0.3 is 72.0 Å². The summed E-state index contributed by atoms with van der Waals surface area (Å²) in [6.45, 7) is -4.90. The molecule has 0 aliphatic rings. The van der Waals surface area contributed by atoms with Crippen molar-refractivity contribution in [1.82, 2.24) is 0 Å². The van der Waals surface area contributed by atoms with Crippen LogP contribution in [-0.4, -0.2) is 164 Å². The Morgan fingerprint density at radius 1 is 0.484 bits per heavy atom. The van der Waals surface area contributed by atoms with E-state index in [0.717, 1.165) is 9.80 Å². The number of hydrogen-bond donors (Lipinski definition) is 11. The fourth-order valence-corrected chi connectivity index (χ4v) is 15.4. The van der Waals surface area contributed by atoms with E-state index in [0.29, 0.717) is 0 Å². The molecular formula is C36H44I6N4O16. The van der Waals surface area contributed by atoms with Gasteiger partial charge >= 0.3 is 0 Å². The van der Waals surface area contributed by atoms with Crippen LogP contribution in [0.2, 0.25) is 0 Å². The Hall–Kier alpha value is -0.360. The highest BCUT2D eigenvalue weighted by molar-refractivity contribution is 14.1. The van der Waals surface area contributed by atoms with Gasteiger partial charge in [-0.25, -0.2) is 0 Å². The zero-order valence-electron chi connectivity index (χ0n) is 32.3. The topological polar surface area (TPSA) is 352 Å². The standard InChI is InChI=1S/C36H44I6N4O16/c37-27-23(19(56)3-1-14(51)8-47)29(39)33(31(41)25(27)35(43)60)45(6-16(53)9-48)21(58)5-22(59)46(7-17(54)10-49)34-30(40)24(28(38)26(32(34)42)36(44)61)20(57)4-2-15(52)12-62-13-18(55)11-50/h14-18,47-55H,1-13H2,(H2,43,60)(H2,44,61). The Bertz CT molecular complexity index is 2000. The van der Waals surface area contributed by atoms with Gasteiger partial charge in [-0.2, -0.15) is 0 Å². The average molecular weight is 1550 g/mol. The summed E-state index contributed by atoms with van der Waals surface area (Å²) in [6, 6.07) is 0. The summed E-state index contributed by atoms with van der Waals surface area (Å²) < 4.78 is 5.55. The third-order valence-corrected chi connectivity index (χ3v) is 15.1. The molecule has 26 heteroatoms. The van der Waals surface area contributed by atoms with E-state index in [4.69, 9.17) is 21.3 Å². The van der Waals surface area contributed by atoms with Crippen molar-refractivity contribution in [2.45, 2.75) is 62.6 Å². The zero-order chi connectivity index (χ0) is 47.3. The maximum atomic E-state index is 14.5. The summed E-state index contributed by atoms with van der Waals surface area (Å²) in [5.41, 5.74) is 10.7. The largest absolute Gasteiger partial charge is 0.394 e.